The number of nitrogens with zero attached hydrogens (tertiary/aromatic N) is 1. The molecule has 4 nitrogen and oxygen atoms in total. The SMILES string of the molecule is CCN(CCCCCC(=O)NN)CC(C)C. The van der Waals surface area contributed by atoms with E-state index in [0.29, 0.717) is 6.42 Å². The van der Waals surface area contributed by atoms with Gasteiger partial charge in [0.2, 0.25) is 5.91 Å². The van der Waals surface area contributed by atoms with E-state index in [1.54, 1.807) is 0 Å². The van der Waals surface area contributed by atoms with Crippen LogP contribution in [0.25, 0.3) is 0 Å². The fraction of sp³-hybridized carbons (Fsp3) is 0.917. The summed E-state index contributed by atoms with van der Waals surface area (Å²) in [7, 11) is 0. The van der Waals surface area contributed by atoms with Gasteiger partial charge in [-0.15, -0.1) is 0 Å². The summed E-state index contributed by atoms with van der Waals surface area (Å²) in [5.74, 6) is 5.67. The van der Waals surface area contributed by atoms with Gasteiger partial charge in [0, 0.05) is 13.0 Å². The Hall–Kier alpha value is -0.610. The molecular weight excluding hydrogens is 202 g/mol. The summed E-state index contributed by atoms with van der Waals surface area (Å²) in [4.78, 5) is 13.3. The first-order chi connectivity index (χ1) is 7.60. The van der Waals surface area contributed by atoms with Crippen molar-refractivity contribution in [3.8, 4) is 0 Å². The van der Waals surface area contributed by atoms with E-state index in [9.17, 15) is 4.79 Å². The zero-order chi connectivity index (χ0) is 12.4. The van der Waals surface area contributed by atoms with E-state index in [2.05, 4.69) is 31.1 Å². The van der Waals surface area contributed by atoms with Crippen molar-refractivity contribution < 1.29 is 4.79 Å². The third-order valence-electron chi connectivity index (χ3n) is 2.61. The lowest BCUT2D eigenvalue weighted by Crippen LogP contribution is -2.30. The first-order valence-electron chi connectivity index (χ1n) is 6.32. The Morgan fingerprint density at radius 3 is 2.50 bits per heavy atom. The average molecular weight is 229 g/mol. The molecule has 0 aromatic heterocycles. The highest BCUT2D eigenvalue weighted by Gasteiger charge is 2.04. The van der Waals surface area contributed by atoms with Crippen LogP contribution < -0.4 is 11.3 Å². The van der Waals surface area contributed by atoms with Crippen LogP contribution in [0, 0.1) is 5.92 Å². The number of hydrogen-bond donors (Lipinski definition) is 2. The topological polar surface area (TPSA) is 58.4 Å². The van der Waals surface area contributed by atoms with Crippen LogP contribution in [0.1, 0.15) is 46.5 Å². The molecule has 4 heteroatoms. The number of hydrazine groups is 1. The van der Waals surface area contributed by atoms with Gasteiger partial charge < -0.3 is 4.90 Å². The minimum Gasteiger partial charge on any atom is -0.303 e. The maximum Gasteiger partial charge on any atom is 0.233 e. The quantitative estimate of drug-likeness (QED) is 0.273. The van der Waals surface area contributed by atoms with E-state index in [1.165, 1.54) is 13.0 Å². The van der Waals surface area contributed by atoms with Crippen molar-refractivity contribution >= 4 is 5.91 Å². The molecule has 96 valence electrons. The molecule has 0 heterocycles. The van der Waals surface area contributed by atoms with E-state index in [4.69, 9.17) is 5.84 Å². The van der Waals surface area contributed by atoms with Crippen LogP contribution in [0.2, 0.25) is 0 Å². The second-order valence-corrected chi connectivity index (χ2v) is 4.67. The Morgan fingerprint density at radius 1 is 1.31 bits per heavy atom. The number of rotatable bonds is 9. The molecule has 0 aromatic rings. The zero-order valence-electron chi connectivity index (χ0n) is 11.0. The van der Waals surface area contributed by atoms with Crippen molar-refractivity contribution in [1.29, 1.82) is 0 Å². The Bertz CT molecular complexity index is 183. The molecule has 0 saturated heterocycles. The summed E-state index contributed by atoms with van der Waals surface area (Å²) in [6, 6.07) is 0. The molecule has 0 aliphatic heterocycles. The fourth-order valence-corrected chi connectivity index (χ4v) is 1.76. The lowest BCUT2D eigenvalue weighted by molar-refractivity contribution is -0.121. The molecule has 16 heavy (non-hydrogen) atoms. The van der Waals surface area contributed by atoms with Crippen molar-refractivity contribution in [2.75, 3.05) is 19.6 Å². The monoisotopic (exact) mass is 229 g/mol. The van der Waals surface area contributed by atoms with Crippen molar-refractivity contribution in [3.63, 3.8) is 0 Å². The van der Waals surface area contributed by atoms with Crippen LogP contribution in [0.3, 0.4) is 0 Å². The van der Waals surface area contributed by atoms with E-state index >= 15 is 0 Å². The van der Waals surface area contributed by atoms with Gasteiger partial charge in [-0.2, -0.15) is 0 Å². The molecule has 0 saturated carbocycles. The van der Waals surface area contributed by atoms with E-state index < -0.39 is 0 Å². The Morgan fingerprint density at radius 2 is 2.00 bits per heavy atom. The Kier molecular flexibility index (Phi) is 9.24. The summed E-state index contributed by atoms with van der Waals surface area (Å²) in [6.45, 7) is 10.1. The second kappa shape index (κ2) is 9.60. The molecule has 0 rings (SSSR count). The van der Waals surface area contributed by atoms with E-state index in [0.717, 1.165) is 31.8 Å². The van der Waals surface area contributed by atoms with Crippen LogP contribution in [-0.2, 0) is 4.79 Å². The number of carbonyl (C=O) groups excluding carboxylic acids is 1. The summed E-state index contributed by atoms with van der Waals surface area (Å²) < 4.78 is 0. The standard InChI is InChI=1S/C12H27N3O/c1-4-15(10-11(2)3)9-7-5-6-8-12(16)14-13/h11H,4-10,13H2,1-3H3,(H,14,16). The number of nitrogens with one attached hydrogen (secondary N) is 1. The molecule has 0 aliphatic rings. The third-order valence-corrected chi connectivity index (χ3v) is 2.61. The van der Waals surface area contributed by atoms with Crippen molar-refractivity contribution in [3.05, 3.63) is 0 Å². The molecule has 0 aromatic carbocycles. The van der Waals surface area contributed by atoms with Gasteiger partial charge in [0.05, 0.1) is 0 Å². The number of carbonyl (C=O) groups is 1. The van der Waals surface area contributed by atoms with Crippen molar-refractivity contribution in [2.24, 2.45) is 11.8 Å². The first kappa shape index (κ1) is 15.4. The van der Waals surface area contributed by atoms with Crippen LogP contribution in [0.15, 0.2) is 0 Å². The molecular formula is C12H27N3O. The smallest absolute Gasteiger partial charge is 0.233 e. The minimum absolute atomic E-state index is 0.0606. The first-order valence-corrected chi connectivity index (χ1v) is 6.32. The molecule has 0 unspecified atom stereocenters. The molecule has 0 radical (unpaired) electrons. The van der Waals surface area contributed by atoms with Gasteiger partial charge in [-0.25, -0.2) is 5.84 Å². The largest absolute Gasteiger partial charge is 0.303 e. The molecule has 1 amide bonds. The van der Waals surface area contributed by atoms with Gasteiger partial charge in [0.1, 0.15) is 0 Å². The molecule has 3 N–H and O–H groups in total. The summed E-state index contributed by atoms with van der Waals surface area (Å²) in [5, 5.41) is 0. The number of hydrogen-bond acceptors (Lipinski definition) is 3. The lowest BCUT2D eigenvalue weighted by atomic mass is 10.1. The Balaban J connectivity index is 3.44. The van der Waals surface area contributed by atoms with Crippen LogP contribution in [0.5, 0.6) is 0 Å². The highest BCUT2D eigenvalue weighted by molar-refractivity contribution is 5.74. The number of unbranched alkanes of at least 4 members (excludes halogenated alkanes) is 2. The fourth-order valence-electron chi connectivity index (χ4n) is 1.76. The van der Waals surface area contributed by atoms with Gasteiger partial charge in [0.25, 0.3) is 0 Å². The third kappa shape index (κ3) is 8.68. The predicted molar refractivity (Wildman–Crippen MR) is 67.8 cm³/mol. The van der Waals surface area contributed by atoms with Gasteiger partial charge >= 0.3 is 0 Å². The lowest BCUT2D eigenvalue weighted by Gasteiger charge is -2.22. The van der Waals surface area contributed by atoms with Crippen molar-refractivity contribution in [2.45, 2.75) is 46.5 Å². The predicted octanol–water partition coefficient (Wildman–Crippen LogP) is 1.51. The highest BCUT2D eigenvalue weighted by Crippen LogP contribution is 2.04. The van der Waals surface area contributed by atoms with Crippen molar-refractivity contribution in [1.82, 2.24) is 10.3 Å². The molecule has 0 atom stereocenters. The molecule has 0 spiro atoms. The number of nitrogens with two attached hydrogens (primary N) is 1. The van der Waals surface area contributed by atoms with Crippen LogP contribution in [-0.4, -0.2) is 30.4 Å². The summed E-state index contributed by atoms with van der Waals surface area (Å²) in [5.41, 5.74) is 2.15. The van der Waals surface area contributed by atoms with Gasteiger partial charge in [-0.1, -0.05) is 27.2 Å². The van der Waals surface area contributed by atoms with E-state index in [1.807, 2.05) is 0 Å². The zero-order valence-corrected chi connectivity index (χ0v) is 11.0. The van der Waals surface area contributed by atoms with Gasteiger partial charge in [-0.3, -0.25) is 10.2 Å². The van der Waals surface area contributed by atoms with Gasteiger partial charge in [-0.05, 0) is 31.8 Å². The van der Waals surface area contributed by atoms with E-state index in [-0.39, 0.29) is 5.91 Å². The van der Waals surface area contributed by atoms with Crippen LogP contribution >= 0.6 is 0 Å². The summed E-state index contributed by atoms with van der Waals surface area (Å²) >= 11 is 0. The average Bonchev–Trinajstić information content (AvgIpc) is 2.26. The maximum absolute atomic E-state index is 10.9. The minimum atomic E-state index is -0.0606. The molecule has 0 bridgehead atoms. The number of amides is 1. The normalized spacial score (nSPS) is 11.1. The maximum atomic E-state index is 10.9. The van der Waals surface area contributed by atoms with Crippen LogP contribution in [0.4, 0.5) is 0 Å². The molecule has 0 fully saturated rings. The summed E-state index contributed by atoms with van der Waals surface area (Å²) in [6.07, 6.45) is 3.75. The Labute approximate surface area is 99.5 Å². The second-order valence-electron chi connectivity index (χ2n) is 4.67. The molecule has 0 aliphatic carbocycles. The van der Waals surface area contributed by atoms with Gasteiger partial charge in [0.15, 0.2) is 0 Å². The highest BCUT2D eigenvalue weighted by atomic mass is 16.2.